The van der Waals surface area contributed by atoms with Gasteiger partial charge >= 0.3 is 0 Å². The number of hydrogen-bond donors (Lipinski definition) is 0. The molecule has 0 aliphatic carbocycles. The van der Waals surface area contributed by atoms with Crippen molar-refractivity contribution in [2.24, 2.45) is 5.92 Å². The maximum absolute atomic E-state index is 6.01. The van der Waals surface area contributed by atoms with E-state index in [0.29, 0.717) is 5.88 Å². The van der Waals surface area contributed by atoms with Gasteiger partial charge in [-0.15, -0.1) is 11.6 Å². The third kappa shape index (κ3) is 3.29. The van der Waals surface area contributed by atoms with E-state index >= 15 is 0 Å². The van der Waals surface area contributed by atoms with Crippen LogP contribution in [0.15, 0.2) is 18.2 Å². The second-order valence-electron chi connectivity index (χ2n) is 4.93. The van der Waals surface area contributed by atoms with Crippen LogP contribution in [-0.4, -0.2) is 13.1 Å². The van der Waals surface area contributed by atoms with Crippen molar-refractivity contribution in [3.63, 3.8) is 0 Å². The fourth-order valence-electron chi connectivity index (χ4n) is 2.47. The van der Waals surface area contributed by atoms with E-state index in [-0.39, 0.29) is 0 Å². The van der Waals surface area contributed by atoms with Crippen LogP contribution in [0.25, 0.3) is 0 Å². The molecule has 1 nitrogen and oxygen atoms in total. The SMILES string of the molecule is CC1CCCN(c2ccc(Cl)cc2CCl)CC1. The summed E-state index contributed by atoms with van der Waals surface area (Å²) in [4.78, 5) is 2.46. The number of hydrogen-bond acceptors (Lipinski definition) is 1. The molecule has 0 aromatic heterocycles. The molecule has 1 aliphatic rings. The van der Waals surface area contributed by atoms with Crippen LogP contribution >= 0.6 is 23.2 Å². The highest BCUT2D eigenvalue weighted by Gasteiger charge is 2.16. The third-order valence-corrected chi connectivity index (χ3v) is 4.07. The van der Waals surface area contributed by atoms with E-state index in [1.54, 1.807) is 0 Å². The molecule has 1 saturated heterocycles. The van der Waals surface area contributed by atoms with Gasteiger partial charge in [-0.05, 0) is 48.9 Å². The minimum atomic E-state index is 0.530. The molecule has 17 heavy (non-hydrogen) atoms. The molecule has 0 radical (unpaired) electrons. The predicted molar refractivity (Wildman–Crippen MR) is 76.2 cm³/mol. The zero-order chi connectivity index (χ0) is 12.3. The highest BCUT2D eigenvalue weighted by atomic mass is 35.5. The monoisotopic (exact) mass is 271 g/mol. The van der Waals surface area contributed by atoms with Crippen molar-refractivity contribution < 1.29 is 0 Å². The van der Waals surface area contributed by atoms with Crippen LogP contribution in [0.2, 0.25) is 5.02 Å². The molecule has 1 aliphatic heterocycles. The summed E-state index contributed by atoms with van der Waals surface area (Å²) in [6, 6.07) is 6.05. The van der Waals surface area contributed by atoms with E-state index in [2.05, 4.69) is 17.9 Å². The highest BCUT2D eigenvalue weighted by molar-refractivity contribution is 6.30. The Morgan fingerprint density at radius 3 is 2.88 bits per heavy atom. The Bertz CT molecular complexity index is 378. The first-order valence-electron chi connectivity index (χ1n) is 6.30. The molecule has 1 aromatic rings. The van der Waals surface area contributed by atoms with E-state index in [0.717, 1.165) is 29.6 Å². The zero-order valence-corrected chi connectivity index (χ0v) is 11.8. The maximum atomic E-state index is 6.01. The van der Waals surface area contributed by atoms with Crippen LogP contribution in [0.3, 0.4) is 0 Å². The number of anilines is 1. The smallest absolute Gasteiger partial charge is 0.0495 e. The van der Waals surface area contributed by atoms with Crippen molar-refractivity contribution in [1.82, 2.24) is 0 Å². The normalized spacial score (nSPS) is 21.4. The Morgan fingerprint density at radius 2 is 2.12 bits per heavy atom. The first kappa shape index (κ1) is 13.0. The molecule has 2 rings (SSSR count). The van der Waals surface area contributed by atoms with Gasteiger partial charge < -0.3 is 4.90 Å². The summed E-state index contributed by atoms with van der Waals surface area (Å²) >= 11 is 12.0. The molecule has 0 bridgehead atoms. The zero-order valence-electron chi connectivity index (χ0n) is 10.3. The molecular formula is C14H19Cl2N. The van der Waals surface area contributed by atoms with E-state index in [4.69, 9.17) is 23.2 Å². The molecule has 3 heteroatoms. The summed E-state index contributed by atoms with van der Waals surface area (Å²) in [5, 5.41) is 0.771. The van der Waals surface area contributed by atoms with Crippen molar-refractivity contribution >= 4 is 28.9 Å². The molecule has 0 N–H and O–H groups in total. The van der Waals surface area contributed by atoms with Crippen LogP contribution in [-0.2, 0) is 5.88 Å². The van der Waals surface area contributed by atoms with Crippen LogP contribution in [0.1, 0.15) is 31.7 Å². The van der Waals surface area contributed by atoms with Crippen LogP contribution in [0.5, 0.6) is 0 Å². The van der Waals surface area contributed by atoms with Crippen molar-refractivity contribution in [2.75, 3.05) is 18.0 Å². The molecular weight excluding hydrogens is 253 g/mol. The number of alkyl halides is 1. The lowest BCUT2D eigenvalue weighted by molar-refractivity contribution is 0.521. The second kappa shape index (κ2) is 5.97. The van der Waals surface area contributed by atoms with Gasteiger partial charge in [0.25, 0.3) is 0 Å². The molecule has 1 heterocycles. The van der Waals surface area contributed by atoms with Gasteiger partial charge in [0.05, 0.1) is 0 Å². The van der Waals surface area contributed by atoms with Gasteiger partial charge in [-0.25, -0.2) is 0 Å². The Kier molecular flexibility index (Phi) is 4.58. The molecule has 94 valence electrons. The topological polar surface area (TPSA) is 3.24 Å². The van der Waals surface area contributed by atoms with Gasteiger partial charge in [-0.3, -0.25) is 0 Å². The molecule has 1 aromatic carbocycles. The summed E-state index contributed by atoms with van der Waals surface area (Å²) in [6.45, 7) is 4.61. The molecule has 1 unspecified atom stereocenters. The minimum absolute atomic E-state index is 0.530. The lowest BCUT2D eigenvalue weighted by Gasteiger charge is -2.25. The number of nitrogens with zero attached hydrogens (tertiary/aromatic N) is 1. The van der Waals surface area contributed by atoms with Crippen LogP contribution in [0, 0.1) is 5.92 Å². The lowest BCUT2D eigenvalue weighted by atomic mass is 10.0. The average Bonchev–Trinajstić information content (AvgIpc) is 2.54. The van der Waals surface area contributed by atoms with Crippen LogP contribution in [0.4, 0.5) is 5.69 Å². The van der Waals surface area contributed by atoms with Crippen molar-refractivity contribution in [3.05, 3.63) is 28.8 Å². The van der Waals surface area contributed by atoms with Crippen LogP contribution < -0.4 is 4.90 Å². The summed E-state index contributed by atoms with van der Waals surface area (Å²) in [6.07, 6.45) is 3.87. The predicted octanol–water partition coefficient (Wildman–Crippen LogP) is 4.71. The quantitative estimate of drug-likeness (QED) is 0.705. The van der Waals surface area contributed by atoms with Gasteiger partial charge in [-0.2, -0.15) is 0 Å². The molecule has 0 spiro atoms. The first-order valence-corrected chi connectivity index (χ1v) is 7.21. The summed E-state index contributed by atoms with van der Waals surface area (Å²) < 4.78 is 0. The van der Waals surface area contributed by atoms with Crippen molar-refractivity contribution in [3.8, 4) is 0 Å². The number of benzene rings is 1. The van der Waals surface area contributed by atoms with Crippen molar-refractivity contribution in [2.45, 2.75) is 32.1 Å². The third-order valence-electron chi connectivity index (χ3n) is 3.54. The molecule has 1 fully saturated rings. The van der Waals surface area contributed by atoms with Gasteiger partial charge in [0.2, 0.25) is 0 Å². The molecule has 1 atom stereocenters. The standard InChI is InChI=1S/C14H19Cl2N/c1-11-3-2-7-17(8-6-11)14-5-4-13(16)9-12(14)10-15/h4-5,9,11H,2-3,6-8,10H2,1H3. The summed E-state index contributed by atoms with van der Waals surface area (Å²) in [5.74, 6) is 1.37. The Hall–Kier alpha value is -0.400. The van der Waals surface area contributed by atoms with E-state index in [1.807, 2.05) is 12.1 Å². The Balaban J connectivity index is 2.20. The average molecular weight is 272 g/mol. The van der Waals surface area contributed by atoms with Crippen molar-refractivity contribution in [1.29, 1.82) is 0 Å². The van der Waals surface area contributed by atoms with E-state index in [9.17, 15) is 0 Å². The fourth-order valence-corrected chi connectivity index (χ4v) is 2.88. The first-order chi connectivity index (χ1) is 8.20. The molecule has 0 saturated carbocycles. The minimum Gasteiger partial charge on any atom is -0.371 e. The number of halogens is 2. The lowest BCUT2D eigenvalue weighted by Crippen LogP contribution is -2.25. The van der Waals surface area contributed by atoms with E-state index in [1.165, 1.54) is 24.9 Å². The summed E-state index contributed by atoms with van der Waals surface area (Å²) in [5.41, 5.74) is 2.41. The second-order valence-corrected chi connectivity index (χ2v) is 5.63. The number of rotatable bonds is 2. The Labute approximate surface area is 114 Å². The van der Waals surface area contributed by atoms with Gasteiger partial charge in [0.1, 0.15) is 0 Å². The maximum Gasteiger partial charge on any atom is 0.0495 e. The van der Waals surface area contributed by atoms with Gasteiger partial charge in [-0.1, -0.05) is 18.5 Å². The van der Waals surface area contributed by atoms with Gasteiger partial charge in [0.15, 0.2) is 0 Å². The van der Waals surface area contributed by atoms with Gasteiger partial charge in [0, 0.05) is 29.7 Å². The summed E-state index contributed by atoms with van der Waals surface area (Å²) in [7, 11) is 0. The van der Waals surface area contributed by atoms with E-state index < -0.39 is 0 Å². The Morgan fingerprint density at radius 1 is 1.29 bits per heavy atom. The highest BCUT2D eigenvalue weighted by Crippen LogP contribution is 2.28. The molecule has 0 amide bonds. The largest absolute Gasteiger partial charge is 0.371 e. The fraction of sp³-hybridized carbons (Fsp3) is 0.571.